The van der Waals surface area contributed by atoms with Gasteiger partial charge in [0.25, 0.3) is 0 Å². The highest BCUT2D eigenvalue weighted by Crippen LogP contribution is 2.45. The zero-order chi connectivity index (χ0) is 63.9. The number of rotatable bonds is 64. The minimum absolute atomic E-state index is 0.103. The van der Waals surface area contributed by atoms with Gasteiger partial charge in [-0.25, -0.2) is 9.13 Å². The van der Waals surface area contributed by atoms with Crippen LogP contribution in [-0.2, 0) is 65.4 Å². The van der Waals surface area contributed by atoms with Gasteiger partial charge >= 0.3 is 39.5 Å². The van der Waals surface area contributed by atoms with Gasteiger partial charge in [-0.1, -0.05) is 274 Å². The first kappa shape index (κ1) is 84.1. The highest BCUT2D eigenvalue weighted by atomic mass is 31.2. The van der Waals surface area contributed by atoms with E-state index in [-0.39, 0.29) is 25.7 Å². The number of carbonyl (C=O) groups excluding carboxylic acids is 4. The summed E-state index contributed by atoms with van der Waals surface area (Å²) in [5.41, 5.74) is 0. The van der Waals surface area contributed by atoms with Crippen LogP contribution in [0.4, 0.5) is 0 Å². The number of phosphoric acid groups is 2. The Morgan fingerprint density at radius 3 is 0.826 bits per heavy atom. The zero-order valence-corrected chi connectivity index (χ0v) is 57.7. The van der Waals surface area contributed by atoms with Crippen LogP contribution in [0.2, 0.25) is 0 Å². The van der Waals surface area contributed by atoms with Crippen LogP contribution in [0, 0.1) is 23.7 Å². The van der Waals surface area contributed by atoms with E-state index in [9.17, 15) is 43.2 Å². The Labute approximate surface area is 524 Å². The lowest BCUT2D eigenvalue weighted by Gasteiger charge is -2.21. The summed E-state index contributed by atoms with van der Waals surface area (Å²) in [7, 11) is -9.90. The molecule has 0 aromatic carbocycles. The lowest BCUT2D eigenvalue weighted by molar-refractivity contribution is -0.161. The molecule has 0 aromatic heterocycles. The number of esters is 4. The Kier molecular flexibility index (Phi) is 55.7. The quantitative estimate of drug-likeness (QED) is 0.0222. The summed E-state index contributed by atoms with van der Waals surface area (Å²) in [6.07, 6.45) is 37.7. The van der Waals surface area contributed by atoms with Gasteiger partial charge in [-0.05, 0) is 49.4 Å². The fourth-order valence-electron chi connectivity index (χ4n) is 9.93. The summed E-state index contributed by atoms with van der Waals surface area (Å²) < 4.78 is 68.1. The Hall–Kier alpha value is -1.94. The molecular formula is C67H130O17P2. The van der Waals surface area contributed by atoms with E-state index < -0.39 is 97.5 Å². The molecule has 4 unspecified atom stereocenters. The van der Waals surface area contributed by atoms with Gasteiger partial charge in [-0.15, -0.1) is 0 Å². The number of carbonyl (C=O) groups is 4. The summed E-state index contributed by atoms with van der Waals surface area (Å²) in [5, 5.41) is 10.6. The van der Waals surface area contributed by atoms with Crippen molar-refractivity contribution in [2.24, 2.45) is 23.7 Å². The molecule has 0 radical (unpaired) electrons. The van der Waals surface area contributed by atoms with Crippen LogP contribution >= 0.6 is 15.6 Å². The van der Waals surface area contributed by atoms with Gasteiger partial charge in [0.1, 0.15) is 19.3 Å². The average Bonchev–Trinajstić information content (AvgIpc) is 3.53. The van der Waals surface area contributed by atoms with Gasteiger partial charge in [-0.2, -0.15) is 0 Å². The van der Waals surface area contributed by atoms with Crippen LogP contribution in [-0.4, -0.2) is 96.7 Å². The molecule has 0 saturated heterocycles. The van der Waals surface area contributed by atoms with Crippen LogP contribution in [0.15, 0.2) is 0 Å². The molecular weight excluding hydrogens is 1140 g/mol. The van der Waals surface area contributed by atoms with Crippen molar-refractivity contribution in [3.63, 3.8) is 0 Å². The summed E-state index contributed by atoms with van der Waals surface area (Å²) in [6.45, 7) is 14.0. The second-order valence-electron chi connectivity index (χ2n) is 25.9. The molecule has 0 aliphatic heterocycles. The van der Waals surface area contributed by atoms with Crippen LogP contribution in [0.3, 0.4) is 0 Å². The lowest BCUT2D eigenvalue weighted by Crippen LogP contribution is -2.30. The van der Waals surface area contributed by atoms with Crippen molar-refractivity contribution in [1.82, 2.24) is 0 Å². The first-order chi connectivity index (χ1) is 41.1. The fraction of sp³-hybridized carbons (Fsp3) is 0.940. The highest BCUT2D eigenvalue weighted by Gasteiger charge is 2.30. The Morgan fingerprint density at radius 1 is 0.326 bits per heavy atom. The number of aliphatic hydroxyl groups is 1. The maximum Gasteiger partial charge on any atom is 0.472 e. The monoisotopic (exact) mass is 1270 g/mol. The molecule has 0 amide bonds. The molecule has 0 spiro atoms. The van der Waals surface area contributed by atoms with E-state index in [0.29, 0.717) is 31.6 Å². The van der Waals surface area contributed by atoms with Gasteiger partial charge in [0.2, 0.25) is 0 Å². The molecule has 0 aromatic rings. The molecule has 0 saturated carbocycles. The Morgan fingerprint density at radius 2 is 0.558 bits per heavy atom. The number of hydrogen-bond donors (Lipinski definition) is 3. The van der Waals surface area contributed by atoms with E-state index in [1.54, 1.807) is 0 Å². The molecule has 3 N–H and O–H groups in total. The zero-order valence-electron chi connectivity index (χ0n) is 55.9. The van der Waals surface area contributed by atoms with Gasteiger partial charge in [0, 0.05) is 25.7 Å². The van der Waals surface area contributed by atoms with Gasteiger partial charge in [0.05, 0.1) is 26.4 Å². The average molecular weight is 1270 g/mol. The van der Waals surface area contributed by atoms with Crippen molar-refractivity contribution in [3.05, 3.63) is 0 Å². The Balaban J connectivity index is 5.25. The smallest absolute Gasteiger partial charge is 0.462 e. The van der Waals surface area contributed by atoms with Gasteiger partial charge in [-0.3, -0.25) is 37.3 Å². The number of aliphatic hydroxyl groups excluding tert-OH is 1. The van der Waals surface area contributed by atoms with E-state index in [0.717, 1.165) is 120 Å². The first-order valence-corrected chi connectivity index (χ1v) is 37.7. The molecule has 19 heteroatoms. The third-order valence-electron chi connectivity index (χ3n) is 15.7. The maximum atomic E-state index is 13.0. The van der Waals surface area contributed by atoms with Crippen molar-refractivity contribution in [3.8, 4) is 0 Å². The molecule has 0 rings (SSSR count). The molecule has 17 nitrogen and oxygen atoms in total. The third-order valence-corrected chi connectivity index (χ3v) is 17.6. The van der Waals surface area contributed by atoms with Crippen LogP contribution in [0.5, 0.6) is 0 Å². The Bertz CT molecular complexity index is 1720. The van der Waals surface area contributed by atoms with Gasteiger partial charge < -0.3 is 33.8 Å². The number of hydrogen-bond acceptors (Lipinski definition) is 15. The molecule has 0 heterocycles. The summed E-state index contributed by atoms with van der Waals surface area (Å²) in [6, 6.07) is 0. The summed E-state index contributed by atoms with van der Waals surface area (Å²) >= 11 is 0. The van der Waals surface area contributed by atoms with Crippen molar-refractivity contribution in [2.75, 3.05) is 39.6 Å². The molecule has 0 aliphatic carbocycles. The highest BCUT2D eigenvalue weighted by molar-refractivity contribution is 7.47. The molecule has 0 bridgehead atoms. The normalized spacial score (nSPS) is 14.7. The molecule has 6 atom stereocenters. The van der Waals surface area contributed by atoms with E-state index in [2.05, 4.69) is 55.4 Å². The van der Waals surface area contributed by atoms with Crippen molar-refractivity contribution in [1.29, 1.82) is 0 Å². The topological polar surface area (TPSA) is 237 Å². The molecule has 0 aliphatic rings. The number of ether oxygens (including phenoxy) is 4. The predicted molar refractivity (Wildman–Crippen MR) is 344 cm³/mol. The third kappa shape index (κ3) is 59.7. The second-order valence-corrected chi connectivity index (χ2v) is 28.8. The predicted octanol–water partition coefficient (Wildman–Crippen LogP) is 18.5. The van der Waals surface area contributed by atoms with E-state index in [1.807, 2.05) is 0 Å². The molecule has 0 fully saturated rings. The minimum Gasteiger partial charge on any atom is -0.462 e. The molecule has 510 valence electrons. The molecule has 86 heavy (non-hydrogen) atoms. The van der Waals surface area contributed by atoms with E-state index in [1.165, 1.54) is 116 Å². The summed E-state index contributed by atoms with van der Waals surface area (Å²) in [5.74, 6) is 0.794. The number of phosphoric ester groups is 2. The maximum absolute atomic E-state index is 13.0. The van der Waals surface area contributed by atoms with Gasteiger partial charge in [0.15, 0.2) is 12.2 Å². The van der Waals surface area contributed by atoms with Crippen LogP contribution in [0.25, 0.3) is 0 Å². The van der Waals surface area contributed by atoms with Crippen LogP contribution in [0.1, 0.15) is 325 Å². The minimum atomic E-state index is -4.95. The van der Waals surface area contributed by atoms with Crippen molar-refractivity contribution in [2.45, 2.75) is 343 Å². The standard InChI is InChI=1S/C67H130O17P2/c1-9-60(8)46-38-30-25-26-32-40-48-65(70)78-54-63(84-67(72)50-42-34-23-17-16-20-28-36-44-58(4)5)56-82-86(75,76)80-52-61(68)51-79-85(73,74)81-55-62(53-77-64(69)47-39-31-24-18-21-29-37-45-59(6)7)83-66(71)49-41-33-22-15-13-11-10-12-14-19-27-35-43-57(2)3/h57-63,68H,9-56H2,1-8H3,(H,73,74)(H,75,76)/t60?,61?,62-,63-/m1/s1. The number of unbranched alkanes of at least 4 members (excludes halogenated alkanes) is 29. The van der Waals surface area contributed by atoms with Crippen molar-refractivity contribution >= 4 is 39.5 Å². The SMILES string of the molecule is CCC(C)CCCCCCCCC(=O)OC[C@H](COP(=O)(O)OCC(O)COP(=O)(O)OC[C@@H](COC(=O)CCCCCCCCCC(C)C)OC(=O)CCCCCCCCCCCCCCC(C)C)OC(=O)CCCCCCCCCCC(C)C. The first-order valence-electron chi connectivity index (χ1n) is 34.7. The largest absolute Gasteiger partial charge is 0.472 e. The van der Waals surface area contributed by atoms with E-state index in [4.69, 9.17) is 37.0 Å². The van der Waals surface area contributed by atoms with Crippen LogP contribution < -0.4 is 0 Å². The summed E-state index contributed by atoms with van der Waals surface area (Å²) in [4.78, 5) is 72.4. The fourth-order valence-corrected chi connectivity index (χ4v) is 11.5. The lowest BCUT2D eigenvalue weighted by atomic mass is 10.00. The van der Waals surface area contributed by atoms with E-state index >= 15 is 0 Å². The van der Waals surface area contributed by atoms with Crippen molar-refractivity contribution < 1.29 is 80.2 Å². The second kappa shape index (κ2) is 57.0.